The Hall–Kier alpha value is -1.35. The third kappa shape index (κ3) is 2.27. The minimum absolute atomic E-state index is 0.558. The topological polar surface area (TPSA) is 46.5 Å². The summed E-state index contributed by atoms with van der Waals surface area (Å²) in [5.41, 5.74) is -5.85. The molecule has 1 aliphatic rings. The van der Waals surface area contributed by atoms with Crippen molar-refractivity contribution in [3.8, 4) is 0 Å². The molecule has 0 spiro atoms. The van der Waals surface area contributed by atoms with Crippen LogP contribution in [0.4, 0.5) is 0 Å². The molecule has 1 aromatic carbocycles. The summed E-state index contributed by atoms with van der Waals surface area (Å²) in [6, 6.07) is -6.22. The zero-order valence-electron chi connectivity index (χ0n) is 25.3. The quantitative estimate of drug-likeness (QED) is 0.854. The summed E-state index contributed by atoms with van der Waals surface area (Å²) in [4.78, 5) is 12.9. The number of ether oxygens (including phenoxy) is 1. The maximum absolute atomic E-state index is 12.9. The highest BCUT2D eigenvalue weighted by Gasteiger charge is 2.46. The van der Waals surface area contributed by atoms with E-state index in [1.54, 1.807) is 0 Å². The molecule has 1 atom stereocenters. The van der Waals surface area contributed by atoms with Gasteiger partial charge in [-0.2, -0.15) is 0 Å². The van der Waals surface area contributed by atoms with Gasteiger partial charge in [-0.3, -0.25) is 0 Å². The first-order valence-electron chi connectivity index (χ1n) is 12.8. The second-order valence-electron chi connectivity index (χ2n) is 3.20. The number of carbonyl (C=O) groups is 1. The van der Waals surface area contributed by atoms with Crippen molar-refractivity contribution in [1.29, 1.82) is 0 Å². The van der Waals surface area contributed by atoms with Crippen molar-refractivity contribution in [1.82, 2.24) is 0 Å². The summed E-state index contributed by atoms with van der Waals surface area (Å²) in [5.74, 6) is -6.59. The molecule has 0 amide bonds. The Labute approximate surface area is 130 Å². The molecule has 1 aromatic rings. The summed E-state index contributed by atoms with van der Waals surface area (Å²) in [7, 11) is 0.558. The SMILES string of the molecule is [2H]c1c([2H])c([2H])c([C@@](O)(C(=O)OC)C2([2H])C([2H])([2H])C([2H])([2H])C([2H])([2H])C([2H])([2H])C2([2H])[2H])c([2H])c1[2H]. The maximum atomic E-state index is 12.9. The molecule has 1 aliphatic carbocycles. The Morgan fingerprint density at radius 1 is 1.44 bits per heavy atom. The van der Waals surface area contributed by atoms with E-state index < -0.39 is 85.1 Å². The minimum atomic E-state index is -4.42. The molecule has 98 valence electrons. The Kier molecular flexibility index (Phi) is 1.11. The zero-order valence-corrected chi connectivity index (χ0v) is 9.26. The number of hydrogen-bond acceptors (Lipinski definition) is 3. The number of hydrogen-bond donors (Lipinski definition) is 1. The normalized spacial score (nSPS) is 48.8. The lowest BCUT2D eigenvalue weighted by Crippen LogP contribution is -2.44. The van der Waals surface area contributed by atoms with E-state index in [1.807, 2.05) is 0 Å². The van der Waals surface area contributed by atoms with Gasteiger partial charge in [0.25, 0.3) is 0 Å². The number of rotatable bonds is 3. The first-order valence-corrected chi connectivity index (χ1v) is 4.79. The van der Waals surface area contributed by atoms with E-state index in [0.29, 0.717) is 7.11 Å². The smallest absolute Gasteiger partial charge is 0.342 e. The molecule has 0 saturated heterocycles. The predicted molar refractivity (Wildman–Crippen MR) is 68.9 cm³/mol. The van der Waals surface area contributed by atoms with Crippen molar-refractivity contribution in [3.05, 3.63) is 35.8 Å². The highest BCUT2D eigenvalue weighted by Crippen LogP contribution is 2.40. The molecule has 1 fully saturated rings. The van der Waals surface area contributed by atoms with Crippen LogP contribution in [0.3, 0.4) is 0 Å². The van der Waals surface area contributed by atoms with Gasteiger partial charge >= 0.3 is 5.97 Å². The van der Waals surface area contributed by atoms with Crippen LogP contribution in [-0.4, -0.2) is 18.2 Å². The fraction of sp³-hybridized carbons (Fsp3) is 0.533. The van der Waals surface area contributed by atoms with Crippen molar-refractivity contribution < 1.29 is 36.6 Å². The van der Waals surface area contributed by atoms with Gasteiger partial charge in [0.2, 0.25) is 0 Å². The van der Waals surface area contributed by atoms with Crippen molar-refractivity contribution in [3.63, 3.8) is 0 Å². The van der Waals surface area contributed by atoms with Crippen molar-refractivity contribution in [2.45, 2.75) is 37.5 Å². The Morgan fingerprint density at radius 3 is 2.61 bits per heavy atom. The van der Waals surface area contributed by atoms with Crippen LogP contribution in [0, 0.1) is 5.89 Å². The third-order valence-corrected chi connectivity index (χ3v) is 2.20. The number of benzene rings is 1. The average Bonchev–Trinajstić information content (AvgIpc) is 2.73. The molecular weight excluding hydrogens is 228 g/mol. The molecule has 0 unspecified atom stereocenters. The number of carbonyl (C=O) groups excluding carboxylic acids is 1. The summed E-state index contributed by atoms with van der Waals surface area (Å²) in [6.07, 6.45) is -20.8. The number of esters is 1. The lowest BCUT2D eigenvalue weighted by Gasteiger charge is -2.36. The molecule has 0 bridgehead atoms. The molecule has 1 saturated carbocycles. The van der Waals surface area contributed by atoms with Gasteiger partial charge in [-0.15, -0.1) is 0 Å². The lowest BCUT2D eigenvalue weighted by molar-refractivity contribution is -0.172. The molecule has 3 heteroatoms. The third-order valence-electron chi connectivity index (χ3n) is 2.20. The van der Waals surface area contributed by atoms with Crippen molar-refractivity contribution in [2.75, 3.05) is 7.11 Å². The van der Waals surface area contributed by atoms with Crippen molar-refractivity contribution in [2.24, 2.45) is 5.89 Å². The van der Waals surface area contributed by atoms with Crippen LogP contribution >= 0.6 is 0 Å². The Bertz CT molecular complexity index is 992. The molecular formula is C15H20O3. The molecule has 1 N–H and O–H groups in total. The molecule has 18 heavy (non-hydrogen) atoms. The average molecular weight is 264 g/mol. The fourth-order valence-electron chi connectivity index (χ4n) is 1.34. The summed E-state index contributed by atoms with van der Waals surface area (Å²) < 4.78 is 133. The van der Waals surface area contributed by atoms with E-state index in [-0.39, 0.29) is 0 Å². The molecule has 0 aromatic heterocycles. The Balaban J connectivity index is 3.29. The van der Waals surface area contributed by atoms with Crippen LogP contribution < -0.4 is 0 Å². The van der Waals surface area contributed by atoms with E-state index in [2.05, 4.69) is 4.74 Å². The first-order chi connectivity index (χ1) is 14.9. The van der Waals surface area contributed by atoms with Crippen LogP contribution in [0.5, 0.6) is 0 Å². The van der Waals surface area contributed by atoms with Gasteiger partial charge in [0.1, 0.15) is 0 Å². The second kappa shape index (κ2) is 5.53. The van der Waals surface area contributed by atoms with Crippen molar-refractivity contribution >= 4 is 5.97 Å². The number of aliphatic hydroxyl groups is 1. The molecule has 0 aliphatic heterocycles. The highest BCUT2D eigenvalue weighted by atomic mass is 16.5. The fourth-order valence-corrected chi connectivity index (χ4v) is 1.34. The van der Waals surface area contributed by atoms with Crippen LogP contribution in [0.1, 0.15) is 59.4 Å². The van der Waals surface area contributed by atoms with Gasteiger partial charge in [-0.1, -0.05) is 49.3 Å². The van der Waals surface area contributed by atoms with E-state index >= 15 is 0 Å². The zero-order chi connectivity index (χ0) is 27.2. The summed E-state index contributed by atoms with van der Waals surface area (Å²) in [6.45, 7) is 0. The van der Waals surface area contributed by atoms with E-state index in [4.69, 9.17) is 21.9 Å². The highest BCUT2D eigenvalue weighted by molar-refractivity contribution is 5.81. The van der Waals surface area contributed by atoms with E-state index in [1.165, 1.54) is 0 Å². The number of methoxy groups -OCH3 is 1. The molecule has 3 nitrogen and oxygen atoms in total. The Morgan fingerprint density at radius 2 is 2.06 bits per heavy atom. The molecule has 0 heterocycles. The summed E-state index contributed by atoms with van der Waals surface area (Å²) >= 11 is 0. The van der Waals surface area contributed by atoms with Gasteiger partial charge in [0, 0.05) is 21.0 Å². The van der Waals surface area contributed by atoms with Gasteiger partial charge in [-0.05, 0) is 18.3 Å². The lowest BCUT2D eigenvalue weighted by atomic mass is 9.73. The van der Waals surface area contributed by atoms with Gasteiger partial charge < -0.3 is 9.84 Å². The largest absolute Gasteiger partial charge is 0.467 e. The predicted octanol–water partition coefficient (Wildman–Crippen LogP) is 2.63. The molecule has 2 rings (SSSR count). The van der Waals surface area contributed by atoms with Crippen LogP contribution in [0.15, 0.2) is 30.2 Å². The first kappa shape index (κ1) is 3.60. The van der Waals surface area contributed by atoms with Crippen LogP contribution in [0.25, 0.3) is 0 Å². The van der Waals surface area contributed by atoms with Gasteiger partial charge in [0.15, 0.2) is 5.60 Å². The standard InChI is InChI=1S/C15H20O3/c1-18-14(16)15(17,12-8-4-2-5-9-12)13-10-6-3-7-11-13/h2,4-5,8-9,13,17H,3,6-7,10-11H2,1H3/t15-/m0/s1/i2D,3D2,4D,5D,6D2,7D2,8D,9D,10D2,11D2,13D. The van der Waals surface area contributed by atoms with Crippen LogP contribution in [-0.2, 0) is 15.1 Å². The van der Waals surface area contributed by atoms with Crippen LogP contribution in [0.2, 0.25) is 0 Å². The maximum Gasteiger partial charge on any atom is 0.342 e. The second-order valence-corrected chi connectivity index (χ2v) is 3.20. The van der Waals surface area contributed by atoms with Gasteiger partial charge in [0.05, 0.1) is 14.0 Å². The molecule has 0 radical (unpaired) electrons. The minimum Gasteiger partial charge on any atom is -0.467 e. The van der Waals surface area contributed by atoms with E-state index in [9.17, 15) is 9.90 Å². The van der Waals surface area contributed by atoms with E-state index in [0.717, 1.165) is 0 Å². The summed E-state index contributed by atoms with van der Waals surface area (Å²) in [5, 5.41) is 11.6. The van der Waals surface area contributed by atoms with Gasteiger partial charge in [-0.25, -0.2) is 4.79 Å². The monoisotopic (exact) mass is 264 g/mol.